The maximum absolute atomic E-state index is 11.5. The molecule has 1 aromatic carbocycles. The summed E-state index contributed by atoms with van der Waals surface area (Å²) >= 11 is 0. The number of methoxy groups -OCH3 is 1. The summed E-state index contributed by atoms with van der Waals surface area (Å²) in [5.74, 6) is 2.60. The van der Waals surface area contributed by atoms with Crippen molar-refractivity contribution in [3.63, 3.8) is 0 Å². The van der Waals surface area contributed by atoms with E-state index >= 15 is 0 Å². The summed E-state index contributed by atoms with van der Waals surface area (Å²) in [6, 6.07) is 7.55. The summed E-state index contributed by atoms with van der Waals surface area (Å²) in [6.07, 6.45) is -0.0767. The second kappa shape index (κ2) is 12.3. The molecule has 8 nitrogen and oxygen atoms in total. The molecule has 10 heteroatoms. The van der Waals surface area contributed by atoms with Gasteiger partial charge in [-0.05, 0) is 19.1 Å². The minimum atomic E-state index is -2.83. The fourth-order valence-corrected chi connectivity index (χ4v) is 4.02. The lowest BCUT2D eigenvalue weighted by atomic mass is 10.3. The molecular weight excluding hydrogens is 495 g/mol. The summed E-state index contributed by atoms with van der Waals surface area (Å²) < 4.78 is 34.1. The van der Waals surface area contributed by atoms with Crippen LogP contribution in [0.5, 0.6) is 11.5 Å². The van der Waals surface area contributed by atoms with Crippen molar-refractivity contribution in [3.8, 4) is 11.5 Å². The predicted molar refractivity (Wildman–Crippen MR) is 123 cm³/mol. The number of guanidine groups is 1. The van der Waals surface area contributed by atoms with Gasteiger partial charge in [0.25, 0.3) is 0 Å². The molecular formula is C18H31IN4O4S. The molecule has 1 saturated heterocycles. The molecule has 1 aromatic rings. The number of sulfone groups is 1. The molecule has 1 aliphatic heterocycles. The molecule has 1 fully saturated rings. The number of ether oxygens (including phenoxy) is 2. The highest BCUT2D eigenvalue weighted by atomic mass is 127. The molecule has 0 bridgehead atoms. The SMILES string of the molecule is CN=C(NCCN1CCS(=O)(=O)CC1)NCC(C)Oc1ccccc1OC.I. The molecule has 1 heterocycles. The van der Waals surface area contributed by atoms with E-state index in [4.69, 9.17) is 9.47 Å². The Morgan fingerprint density at radius 1 is 1.21 bits per heavy atom. The Labute approximate surface area is 185 Å². The number of halogens is 1. The van der Waals surface area contributed by atoms with E-state index in [9.17, 15) is 8.42 Å². The van der Waals surface area contributed by atoms with Gasteiger partial charge >= 0.3 is 0 Å². The molecule has 0 spiro atoms. The second-order valence-corrected chi connectivity index (χ2v) is 8.76. The third-order valence-corrected chi connectivity index (χ3v) is 5.94. The first kappa shape index (κ1) is 24.8. The molecule has 160 valence electrons. The first-order chi connectivity index (χ1) is 12.9. The Hall–Kier alpha value is -1.27. The van der Waals surface area contributed by atoms with Gasteiger partial charge in [0.1, 0.15) is 6.10 Å². The van der Waals surface area contributed by atoms with E-state index < -0.39 is 9.84 Å². The number of hydrogen-bond acceptors (Lipinski definition) is 6. The van der Waals surface area contributed by atoms with Gasteiger partial charge in [0.15, 0.2) is 27.3 Å². The normalized spacial score (nSPS) is 17.9. The van der Waals surface area contributed by atoms with E-state index in [-0.39, 0.29) is 41.6 Å². The van der Waals surface area contributed by atoms with Crippen LogP contribution in [0.2, 0.25) is 0 Å². The van der Waals surface area contributed by atoms with Crippen molar-refractivity contribution in [1.29, 1.82) is 0 Å². The highest BCUT2D eigenvalue weighted by Crippen LogP contribution is 2.26. The number of aliphatic imine (C=N–C) groups is 1. The predicted octanol–water partition coefficient (Wildman–Crippen LogP) is 0.976. The zero-order valence-corrected chi connectivity index (χ0v) is 19.8. The van der Waals surface area contributed by atoms with Crippen LogP contribution in [-0.2, 0) is 9.84 Å². The molecule has 0 radical (unpaired) electrons. The van der Waals surface area contributed by atoms with E-state index in [0.717, 1.165) is 6.54 Å². The van der Waals surface area contributed by atoms with E-state index in [1.807, 2.05) is 31.2 Å². The number of nitrogens with zero attached hydrogens (tertiary/aromatic N) is 2. The lowest BCUT2D eigenvalue weighted by Gasteiger charge is -2.26. The average Bonchev–Trinajstić information content (AvgIpc) is 2.66. The largest absolute Gasteiger partial charge is 0.493 e. The molecule has 0 saturated carbocycles. The number of hydrogen-bond donors (Lipinski definition) is 2. The highest BCUT2D eigenvalue weighted by molar-refractivity contribution is 14.0. The number of para-hydroxylation sites is 2. The summed E-state index contributed by atoms with van der Waals surface area (Å²) in [7, 11) is 0.505. The van der Waals surface area contributed by atoms with Crippen LogP contribution in [0.3, 0.4) is 0 Å². The van der Waals surface area contributed by atoms with Gasteiger partial charge in [-0.2, -0.15) is 0 Å². The van der Waals surface area contributed by atoms with Gasteiger partial charge in [-0.3, -0.25) is 9.89 Å². The first-order valence-electron chi connectivity index (χ1n) is 9.10. The van der Waals surface area contributed by atoms with Gasteiger partial charge < -0.3 is 20.1 Å². The number of rotatable bonds is 8. The maximum atomic E-state index is 11.5. The third-order valence-electron chi connectivity index (χ3n) is 4.34. The summed E-state index contributed by atoms with van der Waals surface area (Å²) in [5.41, 5.74) is 0. The fourth-order valence-electron chi connectivity index (χ4n) is 2.74. The molecule has 1 aliphatic rings. The highest BCUT2D eigenvalue weighted by Gasteiger charge is 2.21. The fraction of sp³-hybridized carbons (Fsp3) is 0.611. The van der Waals surface area contributed by atoms with Gasteiger partial charge in [-0.25, -0.2) is 8.42 Å². The standard InChI is InChI=1S/C18H30N4O4S.HI/c1-15(26-17-7-5-4-6-16(17)25-3)14-21-18(19-2)20-8-9-22-10-12-27(23,24)13-11-22;/h4-7,15H,8-14H2,1-3H3,(H2,19,20,21);1H. The number of nitrogens with one attached hydrogen (secondary N) is 2. The lowest BCUT2D eigenvalue weighted by Crippen LogP contribution is -2.47. The van der Waals surface area contributed by atoms with Crippen LogP contribution in [-0.4, -0.2) is 83.8 Å². The van der Waals surface area contributed by atoms with Crippen molar-refractivity contribution in [2.24, 2.45) is 4.99 Å². The van der Waals surface area contributed by atoms with Crippen LogP contribution in [0.15, 0.2) is 29.3 Å². The van der Waals surface area contributed by atoms with Crippen molar-refractivity contribution in [2.75, 3.05) is 58.4 Å². The van der Waals surface area contributed by atoms with Gasteiger partial charge in [-0.15, -0.1) is 24.0 Å². The van der Waals surface area contributed by atoms with Crippen LogP contribution < -0.4 is 20.1 Å². The molecule has 1 atom stereocenters. The van der Waals surface area contributed by atoms with E-state index in [1.54, 1.807) is 14.2 Å². The van der Waals surface area contributed by atoms with Gasteiger partial charge in [0, 0.05) is 33.2 Å². The lowest BCUT2D eigenvalue weighted by molar-refractivity contribution is 0.213. The van der Waals surface area contributed by atoms with Gasteiger partial charge in [0.2, 0.25) is 0 Å². The van der Waals surface area contributed by atoms with Crippen LogP contribution in [0, 0.1) is 0 Å². The quantitative estimate of drug-likeness (QED) is 0.297. The molecule has 28 heavy (non-hydrogen) atoms. The van der Waals surface area contributed by atoms with Crippen LogP contribution >= 0.6 is 24.0 Å². The van der Waals surface area contributed by atoms with Gasteiger partial charge in [0.05, 0.1) is 25.2 Å². The van der Waals surface area contributed by atoms with E-state index in [0.29, 0.717) is 43.6 Å². The van der Waals surface area contributed by atoms with Crippen LogP contribution in [0.25, 0.3) is 0 Å². The molecule has 0 amide bonds. The van der Waals surface area contributed by atoms with Crippen molar-refractivity contribution < 1.29 is 17.9 Å². The second-order valence-electron chi connectivity index (χ2n) is 6.45. The van der Waals surface area contributed by atoms with Crippen LogP contribution in [0.4, 0.5) is 0 Å². The Bertz CT molecular complexity index is 716. The number of benzene rings is 1. The van der Waals surface area contributed by atoms with Crippen LogP contribution in [0.1, 0.15) is 6.92 Å². The molecule has 2 rings (SSSR count). The molecule has 2 N–H and O–H groups in total. The molecule has 0 aromatic heterocycles. The summed E-state index contributed by atoms with van der Waals surface area (Å²) in [6.45, 7) is 5.23. The van der Waals surface area contributed by atoms with Crippen molar-refractivity contribution in [2.45, 2.75) is 13.0 Å². The molecule has 1 unspecified atom stereocenters. The molecule has 0 aliphatic carbocycles. The van der Waals surface area contributed by atoms with Crippen molar-refractivity contribution in [3.05, 3.63) is 24.3 Å². The minimum absolute atomic E-state index is 0. The van der Waals surface area contributed by atoms with E-state index in [2.05, 4.69) is 20.5 Å². The maximum Gasteiger partial charge on any atom is 0.191 e. The first-order valence-corrected chi connectivity index (χ1v) is 10.9. The Morgan fingerprint density at radius 3 is 2.46 bits per heavy atom. The third kappa shape index (κ3) is 8.39. The van der Waals surface area contributed by atoms with E-state index in [1.165, 1.54) is 0 Å². The Kier molecular flexibility index (Phi) is 10.9. The smallest absolute Gasteiger partial charge is 0.191 e. The average molecular weight is 526 g/mol. The van der Waals surface area contributed by atoms with Gasteiger partial charge in [-0.1, -0.05) is 12.1 Å². The zero-order chi connectivity index (χ0) is 19.7. The van der Waals surface area contributed by atoms with Crippen molar-refractivity contribution >= 4 is 39.8 Å². The Balaban J connectivity index is 0.00000392. The Morgan fingerprint density at radius 2 is 1.86 bits per heavy atom. The summed E-state index contributed by atoms with van der Waals surface area (Å²) in [4.78, 5) is 6.35. The van der Waals surface area contributed by atoms with Crippen molar-refractivity contribution in [1.82, 2.24) is 15.5 Å². The topological polar surface area (TPSA) is 92.3 Å². The zero-order valence-electron chi connectivity index (χ0n) is 16.7. The monoisotopic (exact) mass is 526 g/mol. The minimum Gasteiger partial charge on any atom is -0.493 e. The summed E-state index contributed by atoms with van der Waals surface area (Å²) in [5, 5.41) is 6.48.